The quantitative estimate of drug-likeness (QED) is 0.892. The summed E-state index contributed by atoms with van der Waals surface area (Å²) in [5.74, 6) is -1.02. The molecule has 0 atom stereocenters. The molecule has 1 aromatic heterocycles. The number of thiophene rings is 1. The molecule has 0 aliphatic heterocycles. The number of nitrogen functional groups attached to an aromatic ring is 1. The third-order valence-corrected chi connectivity index (χ3v) is 4.78. The van der Waals surface area contributed by atoms with E-state index < -0.39 is 21.6 Å². The number of benzene rings is 1. The summed E-state index contributed by atoms with van der Waals surface area (Å²) in [5.41, 5.74) is 6.04. The lowest BCUT2D eigenvalue weighted by molar-refractivity contribution is 0.0961. The largest absolute Gasteiger partial charge is 0.397 e. The van der Waals surface area contributed by atoms with Crippen molar-refractivity contribution in [3.63, 3.8) is 0 Å². The smallest absolute Gasteiger partial charge is 0.263 e. The Labute approximate surface area is 119 Å². The zero-order valence-corrected chi connectivity index (χ0v) is 12.3. The predicted octanol–water partition coefficient (Wildman–Crippen LogP) is 1.40. The number of nitrogens with two attached hydrogens (primary N) is 1. The molecule has 0 aliphatic rings. The monoisotopic (exact) mass is 316 g/mol. The van der Waals surface area contributed by atoms with Crippen LogP contribution in [-0.2, 0) is 9.84 Å². The number of amides is 1. The van der Waals surface area contributed by atoms with Crippen LogP contribution in [0.25, 0.3) is 10.1 Å². The van der Waals surface area contributed by atoms with E-state index in [1.165, 1.54) is 12.1 Å². The number of hydrogen-bond donors (Lipinski definition) is 2. The van der Waals surface area contributed by atoms with E-state index in [9.17, 15) is 17.6 Å². The highest BCUT2D eigenvalue weighted by Crippen LogP contribution is 2.33. The summed E-state index contributed by atoms with van der Waals surface area (Å²) in [6.07, 6.45) is 1.09. The molecule has 0 radical (unpaired) electrons. The summed E-state index contributed by atoms with van der Waals surface area (Å²) in [7, 11) is -3.13. The van der Waals surface area contributed by atoms with Crippen LogP contribution in [0.1, 0.15) is 9.67 Å². The van der Waals surface area contributed by atoms with Crippen LogP contribution in [0.4, 0.5) is 10.1 Å². The van der Waals surface area contributed by atoms with E-state index in [0.717, 1.165) is 17.6 Å². The number of hydrogen-bond acceptors (Lipinski definition) is 5. The Morgan fingerprint density at radius 1 is 1.45 bits per heavy atom. The van der Waals surface area contributed by atoms with Crippen LogP contribution < -0.4 is 11.1 Å². The predicted molar refractivity (Wildman–Crippen MR) is 78.2 cm³/mol. The van der Waals surface area contributed by atoms with Gasteiger partial charge >= 0.3 is 0 Å². The van der Waals surface area contributed by atoms with E-state index in [0.29, 0.717) is 10.1 Å². The minimum absolute atomic E-state index is 0.0136. The summed E-state index contributed by atoms with van der Waals surface area (Å²) in [5, 5.41) is 2.98. The summed E-state index contributed by atoms with van der Waals surface area (Å²) in [6, 6.07) is 4.12. The first-order valence-electron chi connectivity index (χ1n) is 5.71. The van der Waals surface area contributed by atoms with Gasteiger partial charge in [-0.1, -0.05) is 0 Å². The number of rotatable bonds is 4. The molecule has 0 saturated heterocycles. The molecule has 5 nitrogen and oxygen atoms in total. The SMILES string of the molecule is CS(=O)(=O)CCNC(=O)c1sc2ccc(F)cc2c1N. The van der Waals surface area contributed by atoms with Gasteiger partial charge in [-0.25, -0.2) is 12.8 Å². The van der Waals surface area contributed by atoms with Crippen molar-refractivity contribution in [2.45, 2.75) is 0 Å². The molecule has 2 rings (SSSR count). The third-order valence-electron chi connectivity index (χ3n) is 2.65. The van der Waals surface area contributed by atoms with Crippen molar-refractivity contribution in [3.05, 3.63) is 28.9 Å². The second-order valence-corrected chi connectivity index (χ2v) is 7.68. The highest BCUT2D eigenvalue weighted by molar-refractivity contribution is 7.90. The molecule has 20 heavy (non-hydrogen) atoms. The number of fused-ring (bicyclic) bond motifs is 1. The van der Waals surface area contributed by atoms with Crippen molar-refractivity contribution in [3.8, 4) is 0 Å². The van der Waals surface area contributed by atoms with Crippen molar-refractivity contribution in [2.24, 2.45) is 0 Å². The van der Waals surface area contributed by atoms with Crippen LogP contribution in [-0.4, -0.2) is 32.9 Å². The van der Waals surface area contributed by atoms with Crippen molar-refractivity contribution in [1.82, 2.24) is 5.32 Å². The zero-order valence-electron chi connectivity index (χ0n) is 10.6. The summed E-state index contributed by atoms with van der Waals surface area (Å²) < 4.78 is 35.8. The van der Waals surface area contributed by atoms with Crippen molar-refractivity contribution in [1.29, 1.82) is 0 Å². The van der Waals surface area contributed by atoms with Gasteiger partial charge in [0.25, 0.3) is 5.91 Å². The normalized spacial score (nSPS) is 11.7. The van der Waals surface area contributed by atoms with Gasteiger partial charge in [0, 0.05) is 22.9 Å². The van der Waals surface area contributed by atoms with Gasteiger partial charge < -0.3 is 11.1 Å². The molecule has 0 saturated carbocycles. The first kappa shape index (κ1) is 14.7. The molecule has 1 amide bonds. The molecule has 0 spiro atoms. The van der Waals surface area contributed by atoms with Crippen LogP contribution in [0.5, 0.6) is 0 Å². The van der Waals surface area contributed by atoms with Gasteiger partial charge in [-0.2, -0.15) is 0 Å². The molecule has 0 bridgehead atoms. The standard InChI is InChI=1S/C12H13FN2O3S2/c1-20(17,18)5-4-15-12(16)11-10(14)8-6-7(13)2-3-9(8)19-11/h2-3,6H,4-5,14H2,1H3,(H,15,16). The number of carbonyl (C=O) groups is 1. The van der Waals surface area contributed by atoms with Crippen LogP contribution in [0.2, 0.25) is 0 Å². The highest BCUT2D eigenvalue weighted by Gasteiger charge is 2.16. The van der Waals surface area contributed by atoms with E-state index in [-0.39, 0.29) is 22.9 Å². The molecule has 1 heterocycles. The Morgan fingerprint density at radius 2 is 2.15 bits per heavy atom. The van der Waals surface area contributed by atoms with Gasteiger partial charge in [0.05, 0.1) is 11.4 Å². The summed E-state index contributed by atoms with van der Waals surface area (Å²) >= 11 is 1.15. The van der Waals surface area contributed by atoms with Gasteiger partial charge in [-0.05, 0) is 18.2 Å². The second kappa shape index (κ2) is 5.37. The first-order chi connectivity index (χ1) is 9.28. The van der Waals surface area contributed by atoms with E-state index in [1.54, 1.807) is 6.07 Å². The van der Waals surface area contributed by atoms with Gasteiger partial charge in [0.1, 0.15) is 20.5 Å². The lowest BCUT2D eigenvalue weighted by Crippen LogP contribution is -2.28. The van der Waals surface area contributed by atoms with E-state index in [1.807, 2.05) is 0 Å². The molecular weight excluding hydrogens is 303 g/mol. The average molecular weight is 316 g/mol. The third kappa shape index (κ3) is 3.26. The number of nitrogens with one attached hydrogen (secondary N) is 1. The minimum Gasteiger partial charge on any atom is -0.397 e. The fourth-order valence-electron chi connectivity index (χ4n) is 1.69. The Balaban J connectivity index is 2.20. The van der Waals surface area contributed by atoms with E-state index in [2.05, 4.69) is 5.32 Å². The molecule has 108 valence electrons. The molecule has 8 heteroatoms. The fraction of sp³-hybridized carbons (Fsp3) is 0.250. The minimum atomic E-state index is -3.13. The fourth-order valence-corrected chi connectivity index (χ4v) is 3.18. The van der Waals surface area contributed by atoms with E-state index >= 15 is 0 Å². The number of anilines is 1. The number of halogens is 1. The first-order valence-corrected chi connectivity index (χ1v) is 8.59. The topological polar surface area (TPSA) is 89.3 Å². The van der Waals surface area contributed by atoms with Crippen molar-refractivity contribution in [2.75, 3.05) is 24.3 Å². The van der Waals surface area contributed by atoms with Gasteiger partial charge in [0.15, 0.2) is 0 Å². The maximum Gasteiger partial charge on any atom is 0.263 e. The van der Waals surface area contributed by atoms with Gasteiger partial charge in [0.2, 0.25) is 0 Å². The summed E-state index contributed by atoms with van der Waals surface area (Å²) in [4.78, 5) is 12.2. The van der Waals surface area contributed by atoms with Crippen molar-refractivity contribution >= 4 is 42.9 Å². The Bertz CT molecular complexity index is 768. The maximum atomic E-state index is 13.1. The Hall–Kier alpha value is -1.67. The Kier molecular flexibility index (Phi) is 3.96. The molecular formula is C12H13FN2O3S2. The lowest BCUT2D eigenvalue weighted by atomic mass is 10.2. The second-order valence-electron chi connectivity index (χ2n) is 4.37. The van der Waals surface area contributed by atoms with Crippen LogP contribution >= 0.6 is 11.3 Å². The number of sulfone groups is 1. The molecule has 3 N–H and O–H groups in total. The van der Waals surface area contributed by atoms with Crippen molar-refractivity contribution < 1.29 is 17.6 Å². The molecule has 2 aromatic rings. The van der Waals surface area contributed by atoms with Crippen LogP contribution in [0.3, 0.4) is 0 Å². The highest BCUT2D eigenvalue weighted by atomic mass is 32.2. The molecule has 0 unspecified atom stereocenters. The lowest BCUT2D eigenvalue weighted by Gasteiger charge is -2.03. The number of carbonyl (C=O) groups excluding carboxylic acids is 1. The average Bonchev–Trinajstić information content (AvgIpc) is 2.65. The van der Waals surface area contributed by atoms with Crippen LogP contribution in [0, 0.1) is 5.82 Å². The molecule has 1 aromatic carbocycles. The van der Waals surface area contributed by atoms with E-state index in [4.69, 9.17) is 5.73 Å². The van der Waals surface area contributed by atoms with Gasteiger partial charge in [-0.15, -0.1) is 11.3 Å². The van der Waals surface area contributed by atoms with Crippen LogP contribution in [0.15, 0.2) is 18.2 Å². The maximum absolute atomic E-state index is 13.1. The zero-order chi connectivity index (χ0) is 14.9. The molecule has 0 aliphatic carbocycles. The summed E-state index contributed by atoms with van der Waals surface area (Å²) in [6.45, 7) is 0.0136. The molecule has 0 fully saturated rings. The van der Waals surface area contributed by atoms with Gasteiger partial charge in [-0.3, -0.25) is 4.79 Å². The Morgan fingerprint density at radius 3 is 2.80 bits per heavy atom.